The first-order chi connectivity index (χ1) is 6.91. The van der Waals surface area contributed by atoms with E-state index in [1.54, 1.807) is 0 Å². The summed E-state index contributed by atoms with van der Waals surface area (Å²) in [6, 6.07) is 2.02. The molecule has 80 valence electrons. The molecule has 0 fully saturated rings. The van der Waals surface area contributed by atoms with E-state index < -0.39 is 23.2 Å². The van der Waals surface area contributed by atoms with Crippen LogP contribution in [0.3, 0.4) is 0 Å². The number of aromatic hydroxyl groups is 3. The maximum atomic E-state index is 11.1. The second kappa shape index (κ2) is 3.91. The Morgan fingerprint density at radius 1 is 1.27 bits per heavy atom. The zero-order valence-electron chi connectivity index (χ0n) is 8.02. The van der Waals surface area contributed by atoms with Crippen LogP contribution in [0, 0.1) is 0 Å². The summed E-state index contributed by atoms with van der Waals surface area (Å²) in [4.78, 5) is 11.1. The van der Waals surface area contributed by atoms with Crippen LogP contribution in [-0.2, 0) is 4.79 Å². The van der Waals surface area contributed by atoms with E-state index in [0.717, 1.165) is 12.1 Å². The number of hydrogen-bond donors (Lipinski definition) is 3. The number of phenolic OH excluding ortho intramolecular Hbond substituents is 3. The van der Waals surface area contributed by atoms with E-state index in [1.165, 1.54) is 6.92 Å². The molecule has 0 aliphatic heterocycles. The summed E-state index contributed by atoms with van der Waals surface area (Å²) in [7, 11) is 0. The lowest BCUT2D eigenvalue weighted by Gasteiger charge is -2.06. The minimum atomic E-state index is -0.681. The van der Waals surface area contributed by atoms with E-state index in [0.29, 0.717) is 0 Å². The summed E-state index contributed by atoms with van der Waals surface area (Å²) in [5.74, 6) is -2.56. The van der Waals surface area contributed by atoms with Crippen molar-refractivity contribution in [3.8, 4) is 23.0 Å². The Balaban J connectivity index is 2.98. The molecule has 1 rings (SSSR count). The number of hydrogen-bond acceptors (Lipinski definition) is 5. The van der Waals surface area contributed by atoms with Crippen LogP contribution in [-0.4, -0.2) is 21.3 Å². The maximum Gasteiger partial charge on any atom is 0.338 e. The highest BCUT2D eigenvalue weighted by molar-refractivity contribution is 5.88. The van der Waals surface area contributed by atoms with Gasteiger partial charge in [0, 0.05) is 17.7 Å². The van der Waals surface area contributed by atoms with Crippen LogP contribution in [0.2, 0.25) is 0 Å². The molecule has 1 aromatic carbocycles. The Hall–Kier alpha value is -2.17. The lowest BCUT2D eigenvalue weighted by Crippen LogP contribution is -2.07. The van der Waals surface area contributed by atoms with Crippen LogP contribution in [0.1, 0.15) is 6.92 Å². The van der Waals surface area contributed by atoms with E-state index in [9.17, 15) is 4.79 Å². The van der Waals surface area contributed by atoms with Crippen LogP contribution in [0.25, 0.3) is 0 Å². The fraction of sp³-hybridized carbons (Fsp3) is 0.100. The number of phenols is 3. The molecule has 0 aromatic heterocycles. The van der Waals surface area contributed by atoms with Gasteiger partial charge in [-0.3, -0.25) is 0 Å². The molecule has 0 spiro atoms. The fourth-order valence-corrected chi connectivity index (χ4v) is 0.832. The predicted molar refractivity (Wildman–Crippen MR) is 51.9 cm³/mol. The van der Waals surface area contributed by atoms with Crippen molar-refractivity contribution in [3.05, 3.63) is 24.3 Å². The van der Waals surface area contributed by atoms with Gasteiger partial charge in [-0.15, -0.1) is 0 Å². The van der Waals surface area contributed by atoms with Crippen molar-refractivity contribution in [2.24, 2.45) is 0 Å². The van der Waals surface area contributed by atoms with Gasteiger partial charge in [-0.2, -0.15) is 0 Å². The van der Waals surface area contributed by atoms with Crippen LogP contribution < -0.4 is 4.74 Å². The van der Waals surface area contributed by atoms with Gasteiger partial charge in [0.05, 0.1) is 0 Å². The molecular weight excluding hydrogens is 200 g/mol. The molecule has 0 atom stereocenters. The monoisotopic (exact) mass is 210 g/mol. The molecule has 5 heteroatoms. The van der Waals surface area contributed by atoms with Crippen molar-refractivity contribution in [3.63, 3.8) is 0 Å². The summed E-state index contributed by atoms with van der Waals surface area (Å²) in [5.41, 5.74) is 0.182. The van der Waals surface area contributed by atoms with Crippen molar-refractivity contribution in [2.45, 2.75) is 6.92 Å². The van der Waals surface area contributed by atoms with Crippen LogP contribution in [0.4, 0.5) is 0 Å². The molecule has 0 aliphatic carbocycles. The Bertz CT molecular complexity index is 399. The number of benzene rings is 1. The molecule has 15 heavy (non-hydrogen) atoms. The van der Waals surface area contributed by atoms with Gasteiger partial charge in [0.25, 0.3) is 0 Å². The molecule has 0 radical (unpaired) electrons. The van der Waals surface area contributed by atoms with E-state index in [2.05, 4.69) is 6.58 Å². The second-order valence-electron chi connectivity index (χ2n) is 2.98. The average molecular weight is 210 g/mol. The number of esters is 1. The number of carbonyl (C=O) groups excluding carboxylic acids is 1. The van der Waals surface area contributed by atoms with Gasteiger partial charge in [-0.25, -0.2) is 4.79 Å². The third kappa shape index (κ3) is 2.40. The van der Waals surface area contributed by atoms with Gasteiger partial charge in [-0.1, -0.05) is 6.58 Å². The van der Waals surface area contributed by atoms with E-state index >= 15 is 0 Å². The van der Waals surface area contributed by atoms with Crippen molar-refractivity contribution in [1.29, 1.82) is 0 Å². The van der Waals surface area contributed by atoms with Crippen molar-refractivity contribution in [2.75, 3.05) is 0 Å². The topological polar surface area (TPSA) is 87.0 Å². The van der Waals surface area contributed by atoms with E-state index in [-0.39, 0.29) is 11.3 Å². The number of ether oxygens (including phenoxy) is 1. The van der Waals surface area contributed by atoms with Gasteiger partial charge < -0.3 is 20.1 Å². The fourth-order valence-electron chi connectivity index (χ4n) is 0.832. The molecule has 0 saturated carbocycles. The lowest BCUT2D eigenvalue weighted by atomic mass is 10.2. The second-order valence-corrected chi connectivity index (χ2v) is 2.98. The summed E-state index contributed by atoms with van der Waals surface area (Å²) in [5, 5.41) is 27.2. The molecule has 1 aromatic rings. The number of carbonyl (C=O) groups is 1. The average Bonchev–Trinajstić information content (AvgIpc) is 2.13. The van der Waals surface area contributed by atoms with Crippen molar-refractivity contribution in [1.82, 2.24) is 0 Å². The van der Waals surface area contributed by atoms with Crippen LogP contribution in [0.5, 0.6) is 23.0 Å². The first-order valence-electron chi connectivity index (χ1n) is 4.04. The van der Waals surface area contributed by atoms with Crippen LogP contribution >= 0.6 is 0 Å². The SMILES string of the molecule is C=C(C)C(=O)Oc1cc(O)c(O)c(O)c1. The standard InChI is InChI=1S/C10H10O5/c1-5(2)10(14)15-6-3-7(11)9(13)8(12)4-6/h3-4,11-13H,1H2,2H3. The summed E-state index contributed by atoms with van der Waals surface area (Å²) in [6.07, 6.45) is 0. The Morgan fingerprint density at radius 3 is 2.13 bits per heavy atom. The Labute approximate surface area is 85.9 Å². The molecule has 0 amide bonds. The minimum Gasteiger partial charge on any atom is -0.504 e. The molecule has 0 heterocycles. The van der Waals surface area contributed by atoms with Gasteiger partial charge >= 0.3 is 5.97 Å². The quantitative estimate of drug-likeness (QED) is 0.296. The number of rotatable bonds is 2. The Morgan fingerprint density at radius 2 is 1.73 bits per heavy atom. The molecule has 0 saturated heterocycles. The zero-order valence-corrected chi connectivity index (χ0v) is 8.02. The highest BCUT2D eigenvalue weighted by Crippen LogP contribution is 2.38. The molecule has 3 N–H and O–H groups in total. The van der Waals surface area contributed by atoms with Crippen molar-refractivity contribution >= 4 is 5.97 Å². The normalized spacial score (nSPS) is 9.67. The third-order valence-electron chi connectivity index (χ3n) is 1.60. The first-order valence-corrected chi connectivity index (χ1v) is 4.04. The predicted octanol–water partition coefficient (Wildman–Crippen LogP) is 1.28. The molecule has 0 bridgehead atoms. The molecule has 0 aliphatic rings. The van der Waals surface area contributed by atoms with Crippen molar-refractivity contribution < 1.29 is 24.9 Å². The highest BCUT2D eigenvalue weighted by atomic mass is 16.5. The maximum absolute atomic E-state index is 11.1. The summed E-state index contributed by atoms with van der Waals surface area (Å²) in [6.45, 7) is 4.83. The van der Waals surface area contributed by atoms with Gasteiger partial charge in [0.1, 0.15) is 5.75 Å². The van der Waals surface area contributed by atoms with Gasteiger partial charge in [0.15, 0.2) is 11.5 Å². The Kier molecular flexibility index (Phi) is 2.85. The van der Waals surface area contributed by atoms with E-state index in [1.807, 2.05) is 0 Å². The minimum absolute atomic E-state index is 0.0733. The lowest BCUT2D eigenvalue weighted by molar-refractivity contribution is -0.130. The van der Waals surface area contributed by atoms with Crippen LogP contribution in [0.15, 0.2) is 24.3 Å². The molecule has 0 unspecified atom stereocenters. The summed E-state index contributed by atoms with van der Waals surface area (Å²) < 4.78 is 4.72. The first kappa shape index (κ1) is 10.9. The van der Waals surface area contributed by atoms with Gasteiger partial charge in [-0.05, 0) is 6.92 Å². The van der Waals surface area contributed by atoms with E-state index in [4.69, 9.17) is 20.1 Å². The molecular formula is C10H10O5. The highest BCUT2D eigenvalue weighted by Gasteiger charge is 2.11. The molecule has 5 nitrogen and oxygen atoms in total. The summed E-state index contributed by atoms with van der Waals surface area (Å²) >= 11 is 0. The zero-order chi connectivity index (χ0) is 11.6. The smallest absolute Gasteiger partial charge is 0.338 e. The van der Waals surface area contributed by atoms with Gasteiger partial charge in [0.2, 0.25) is 5.75 Å². The third-order valence-corrected chi connectivity index (χ3v) is 1.60. The largest absolute Gasteiger partial charge is 0.504 e.